The van der Waals surface area contributed by atoms with Crippen LogP contribution in [0.4, 0.5) is 5.82 Å². The summed E-state index contributed by atoms with van der Waals surface area (Å²) in [6, 6.07) is 9.66. The van der Waals surface area contributed by atoms with Crippen LogP contribution < -0.4 is 11.1 Å². The topological polar surface area (TPSA) is 90.1 Å². The smallest absolute Gasteiger partial charge is 0.376 e. The third kappa shape index (κ3) is 3.52. The summed E-state index contributed by atoms with van der Waals surface area (Å²) in [5, 5.41) is 3.13. The van der Waals surface area contributed by atoms with Crippen LogP contribution in [0.25, 0.3) is 0 Å². The number of hydrogen-bond donors (Lipinski definition) is 2. The fraction of sp³-hybridized carbons (Fsp3) is 0.214. The molecule has 0 radical (unpaired) electrons. The molecule has 1 aromatic heterocycles. The fourth-order valence-corrected chi connectivity index (χ4v) is 1.63. The Hall–Kier alpha value is -2.47. The second kappa shape index (κ2) is 6.63. The zero-order valence-electron chi connectivity index (χ0n) is 11.2. The van der Waals surface area contributed by atoms with Crippen LogP contribution in [0.3, 0.4) is 0 Å². The molecule has 0 saturated carbocycles. The Balaban J connectivity index is 2.01. The standard InChI is InChI=1S/C14H16N4O2/c1-20-14(19)13-16-7-6-12(18-13)17-9-11-4-2-10(8-15)3-5-11/h2-7H,8-9,15H2,1H3,(H,16,17,18). The van der Waals surface area contributed by atoms with Crippen LogP contribution >= 0.6 is 0 Å². The number of carbonyl (C=O) groups is 1. The first-order valence-electron chi connectivity index (χ1n) is 6.16. The lowest BCUT2D eigenvalue weighted by Crippen LogP contribution is -2.10. The normalized spacial score (nSPS) is 10.1. The van der Waals surface area contributed by atoms with Crippen molar-refractivity contribution >= 4 is 11.8 Å². The lowest BCUT2D eigenvalue weighted by Gasteiger charge is -2.07. The monoisotopic (exact) mass is 272 g/mol. The van der Waals surface area contributed by atoms with E-state index in [1.165, 1.54) is 13.3 Å². The van der Waals surface area contributed by atoms with Gasteiger partial charge in [0.1, 0.15) is 5.82 Å². The lowest BCUT2D eigenvalue weighted by molar-refractivity contribution is 0.0587. The first-order chi connectivity index (χ1) is 9.72. The number of hydrogen-bond acceptors (Lipinski definition) is 6. The minimum atomic E-state index is -0.555. The minimum absolute atomic E-state index is 0.0379. The van der Waals surface area contributed by atoms with E-state index in [0.29, 0.717) is 18.9 Å². The van der Waals surface area contributed by atoms with Gasteiger partial charge in [0.2, 0.25) is 5.82 Å². The molecule has 0 amide bonds. The van der Waals surface area contributed by atoms with Gasteiger partial charge in [0.05, 0.1) is 7.11 Å². The van der Waals surface area contributed by atoms with Crippen LogP contribution in [0.2, 0.25) is 0 Å². The zero-order chi connectivity index (χ0) is 14.4. The van der Waals surface area contributed by atoms with Crippen LogP contribution in [0.5, 0.6) is 0 Å². The van der Waals surface area contributed by atoms with Gasteiger partial charge in [-0.3, -0.25) is 0 Å². The van der Waals surface area contributed by atoms with Crippen molar-refractivity contribution in [2.45, 2.75) is 13.1 Å². The van der Waals surface area contributed by atoms with E-state index in [0.717, 1.165) is 11.1 Å². The van der Waals surface area contributed by atoms with Crippen LogP contribution in [0, 0.1) is 0 Å². The number of esters is 1. The van der Waals surface area contributed by atoms with Crippen molar-refractivity contribution in [1.29, 1.82) is 0 Å². The maximum absolute atomic E-state index is 11.3. The van der Waals surface area contributed by atoms with Gasteiger partial charge in [-0.25, -0.2) is 14.8 Å². The van der Waals surface area contributed by atoms with Gasteiger partial charge in [0.25, 0.3) is 0 Å². The third-order valence-corrected chi connectivity index (χ3v) is 2.76. The van der Waals surface area contributed by atoms with E-state index in [1.807, 2.05) is 24.3 Å². The highest BCUT2D eigenvalue weighted by Crippen LogP contribution is 2.08. The molecule has 0 atom stereocenters. The maximum atomic E-state index is 11.3. The molecule has 3 N–H and O–H groups in total. The number of aromatic nitrogens is 2. The van der Waals surface area contributed by atoms with Crippen molar-refractivity contribution in [3.8, 4) is 0 Å². The van der Waals surface area contributed by atoms with Gasteiger partial charge in [-0.1, -0.05) is 24.3 Å². The van der Waals surface area contributed by atoms with E-state index in [2.05, 4.69) is 20.0 Å². The predicted octanol–water partition coefficient (Wildman–Crippen LogP) is 1.33. The number of rotatable bonds is 5. The molecule has 1 heterocycles. The molecule has 2 aromatic rings. The van der Waals surface area contributed by atoms with Crippen molar-refractivity contribution in [3.05, 3.63) is 53.5 Å². The van der Waals surface area contributed by atoms with Crippen LogP contribution in [0.1, 0.15) is 21.7 Å². The van der Waals surface area contributed by atoms with Crippen LogP contribution in [-0.4, -0.2) is 23.0 Å². The van der Waals surface area contributed by atoms with Crippen molar-refractivity contribution in [1.82, 2.24) is 9.97 Å². The molecule has 2 rings (SSSR count). The molecule has 20 heavy (non-hydrogen) atoms. The molecular weight excluding hydrogens is 256 g/mol. The molecular formula is C14H16N4O2. The quantitative estimate of drug-likeness (QED) is 0.798. The van der Waals surface area contributed by atoms with E-state index in [1.54, 1.807) is 6.07 Å². The zero-order valence-corrected chi connectivity index (χ0v) is 11.2. The van der Waals surface area contributed by atoms with Gasteiger partial charge in [-0.15, -0.1) is 0 Å². The summed E-state index contributed by atoms with van der Waals surface area (Å²) in [5.74, 6) is 0.0558. The Kier molecular flexibility index (Phi) is 4.62. The number of nitrogens with one attached hydrogen (secondary N) is 1. The van der Waals surface area contributed by atoms with E-state index in [4.69, 9.17) is 5.73 Å². The SMILES string of the molecule is COC(=O)c1nccc(NCc2ccc(CN)cc2)n1. The molecule has 0 saturated heterocycles. The summed E-state index contributed by atoms with van der Waals surface area (Å²) in [6.45, 7) is 1.13. The summed E-state index contributed by atoms with van der Waals surface area (Å²) < 4.78 is 4.58. The molecule has 0 aliphatic heterocycles. The predicted molar refractivity (Wildman–Crippen MR) is 75.0 cm³/mol. The van der Waals surface area contributed by atoms with Gasteiger partial charge >= 0.3 is 5.97 Å². The van der Waals surface area contributed by atoms with Gasteiger partial charge < -0.3 is 15.8 Å². The van der Waals surface area contributed by atoms with Gasteiger partial charge in [0.15, 0.2) is 0 Å². The van der Waals surface area contributed by atoms with E-state index >= 15 is 0 Å². The number of anilines is 1. The van der Waals surface area contributed by atoms with Gasteiger partial charge in [-0.2, -0.15) is 0 Å². The minimum Gasteiger partial charge on any atom is -0.463 e. The highest BCUT2D eigenvalue weighted by molar-refractivity contribution is 5.85. The van der Waals surface area contributed by atoms with Crippen LogP contribution in [0.15, 0.2) is 36.5 Å². The van der Waals surface area contributed by atoms with E-state index < -0.39 is 5.97 Å². The Bertz CT molecular complexity index is 584. The molecule has 0 unspecified atom stereocenters. The molecule has 1 aromatic carbocycles. The van der Waals surface area contributed by atoms with Crippen molar-refractivity contribution in [3.63, 3.8) is 0 Å². The number of methoxy groups -OCH3 is 1. The summed E-state index contributed by atoms with van der Waals surface area (Å²) in [4.78, 5) is 19.2. The molecule has 6 nitrogen and oxygen atoms in total. The maximum Gasteiger partial charge on any atom is 0.376 e. The average molecular weight is 272 g/mol. The number of nitrogens with zero attached hydrogens (tertiary/aromatic N) is 2. The summed E-state index contributed by atoms with van der Waals surface area (Å²) in [7, 11) is 1.30. The Morgan fingerprint density at radius 2 is 1.95 bits per heavy atom. The number of benzene rings is 1. The first-order valence-corrected chi connectivity index (χ1v) is 6.16. The van der Waals surface area contributed by atoms with Crippen LogP contribution in [-0.2, 0) is 17.8 Å². The highest BCUT2D eigenvalue weighted by atomic mass is 16.5. The summed E-state index contributed by atoms with van der Waals surface area (Å²) in [5.41, 5.74) is 7.73. The second-order valence-electron chi connectivity index (χ2n) is 4.13. The lowest BCUT2D eigenvalue weighted by atomic mass is 10.1. The van der Waals surface area contributed by atoms with Crippen molar-refractivity contribution < 1.29 is 9.53 Å². The summed E-state index contributed by atoms with van der Waals surface area (Å²) in [6.07, 6.45) is 1.51. The number of ether oxygens (including phenoxy) is 1. The highest BCUT2D eigenvalue weighted by Gasteiger charge is 2.09. The summed E-state index contributed by atoms with van der Waals surface area (Å²) >= 11 is 0. The van der Waals surface area contributed by atoms with E-state index in [-0.39, 0.29) is 5.82 Å². The first kappa shape index (κ1) is 14.0. The average Bonchev–Trinajstić information content (AvgIpc) is 2.53. The molecule has 0 aliphatic rings. The number of nitrogens with two attached hydrogens (primary N) is 1. The Labute approximate surface area is 117 Å². The van der Waals surface area contributed by atoms with Gasteiger partial charge in [0, 0.05) is 19.3 Å². The molecule has 0 fully saturated rings. The largest absolute Gasteiger partial charge is 0.463 e. The van der Waals surface area contributed by atoms with Crippen molar-refractivity contribution in [2.24, 2.45) is 5.73 Å². The molecule has 0 bridgehead atoms. The molecule has 6 heteroatoms. The Morgan fingerprint density at radius 1 is 1.25 bits per heavy atom. The second-order valence-corrected chi connectivity index (χ2v) is 4.13. The number of carbonyl (C=O) groups excluding carboxylic acids is 1. The molecule has 0 spiro atoms. The Morgan fingerprint density at radius 3 is 2.60 bits per heavy atom. The molecule has 0 aliphatic carbocycles. The van der Waals surface area contributed by atoms with Crippen molar-refractivity contribution in [2.75, 3.05) is 12.4 Å². The van der Waals surface area contributed by atoms with E-state index in [9.17, 15) is 4.79 Å². The third-order valence-electron chi connectivity index (χ3n) is 2.76. The molecule has 104 valence electrons. The fourth-order valence-electron chi connectivity index (χ4n) is 1.63. The van der Waals surface area contributed by atoms with Gasteiger partial charge in [-0.05, 0) is 17.2 Å².